The highest BCUT2D eigenvalue weighted by atomic mass is 79.9. The van der Waals surface area contributed by atoms with Crippen LogP contribution in [0.3, 0.4) is 0 Å². The highest BCUT2D eigenvalue weighted by Gasteiger charge is 2.27. The summed E-state index contributed by atoms with van der Waals surface area (Å²) in [6.07, 6.45) is 0. The second-order valence-electron chi connectivity index (χ2n) is 5.08. The third-order valence-corrected chi connectivity index (χ3v) is 4.30. The summed E-state index contributed by atoms with van der Waals surface area (Å²) in [7, 11) is 0. The number of nitrogens with zero attached hydrogens (tertiary/aromatic N) is 1. The summed E-state index contributed by atoms with van der Waals surface area (Å²) in [6, 6.07) is 6.40. The van der Waals surface area contributed by atoms with Crippen LogP contribution in [0.5, 0.6) is 0 Å². The monoisotopic (exact) mass is 310 g/mol. The van der Waals surface area contributed by atoms with Gasteiger partial charge in [-0.15, -0.1) is 0 Å². The average Bonchev–Trinajstić information content (AvgIpc) is 2.35. The van der Waals surface area contributed by atoms with Crippen LogP contribution in [0.1, 0.15) is 29.8 Å². The first-order valence-electron chi connectivity index (χ1n) is 6.29. The number of amides is 1. The molecule has 1 N–H and O–H groups in total. The smallest absolute Gasteiger partial charge is 0.254 e. The number of halogens is 1. The Morgan fingerprint density at radius 2 is 2.17 bits per heavy atom. The summed E-state index contributed by atoms with van der Waals surface area (Å²) in [5.41, 5.74) is 1.90. The summed E-state index contributed by atoms with van der Waals surface area (Å²) in [5, 5.41) is 3.39. The van der Waals surface area contributed by atoms with E-state index in [9.17, 15) is 4.79 Å². The first-order valence-corrected chi connectivity index (χ1v) is 7.09. The predicted molar refractivity (Wildman–Crippen MR) is 76.8 cm³/mol. The fourth-order valence-corrected chi connectivity index (χ4v) is 2.58. The van der Waals surface area contributed by atoms with E-state index < -0.39 is 0 Å². The zero-order valence-electron chi connectivity index (χ0n) is 11.0. The van der Waals surface area contributed by atoms with E-state index in [1.54, 1.807) is 0 Å². The largest absolute Gasteiger partial charge is 0.333 e. The lowest BCUT2D eigenvalue weighted by Crippen LogP contribution is -2.56. The number of hydrogen-bond donors (Lipinski definition) is 1. The Balaban J connectivity index is 2.21. The second-order valence-corrected chi connectivity index (χ2v) is 5.93. The maximum absolute atomic E-state index is 12.5. The van der Waals surface area contributed by atoms with Gasteiger partial charge in [-0.25, -0.2) is 0 Å². The number of benzene rings is 1. The van der Waals surface area contributed by atoms with Gasteiger partial charge in [-0.2, -0.15) is 0 Å². The quantitative estimate of drug-likeness (QED) is 0.864. The minimum Gasteiger partial charge on any atom is -0.333 e. The molecule has 1 fully saturated rings. The molecule has 1 aromatic rings. The zero-order valence-corrected chi connectivity index (χ0v) is 12.6. The third-order valence-electron chi connectivity index (χ3n) is 3.44. The Labute approximate surface area is 117 Å². The standard InChI is InChI=1S/C14H19BrN2O/c1-9-4-5-12(6-13(9)15)14(18)17-8-10(2)16-7-11(17)3/h4-6,10-11,16H,7-8H2,1-3H3. The van der Waals surface area contributed by atoms with Gasteiger partial charge in [0, 0.05) is 35.2 Å². The van der Waals surface area contributed by atoms with Crippen molar-refractivity contribution in [3.63, 3.8) is 0 Å². The number of nitrogens with one attached hydrogen (secondary N) is 1. The van der Waals surface area contributed by atoms with E-state index in [0.717, 1.165) is 28.7 Å². The molecule has 1 amide bonds. The topological polar surface area (TPSA) is 32.3 Å². The van der Waals surface area contributed by atoms with E-state index in [4.69, 9.17) is 0 Å². The van der Waals surface area contributed by atoms with Crippen molar-refractivity contribution >= 4 is 21.8 Å². The van der Waals surface area contributed by atoms with Gasteiger partial charge in [0.15, 0.2) is 0 Å². The lowest BCUT2D eigenvalue weighted by atomic mass is 10.1. The molecule has 18 heavy (non-hydrogen) atoms. The van der Waals surface area contributed by atoms with Gasteiger partial charge in [-0.3, -0.25) is 4.79 Å². The van der Waals surface area contributed by atoms with E-state index in [0.29, 0.717) is 6.04 Å². The van der Waals surface area contributed by atoms with E-state index in [-0.39, 0.29) is 11.9 Å². The van der Waals surface area contributed by atoms with Crippen LogP contribution in [-0.4, -0.2) is 36.0 Å². The van der Waals surface area contributed by atoms with Gasteiger partial charge >= 0.3 is 0 Å². The minimum atomic E-state index is 0.122. The molecule has 2 rings (SSSR count). The van der Waals surface area contributed by atoms with Gasteiger partial charge in [0.25, 0.3) is 5.91 Å². The highest BCUT2D eigenvalue weighted by Crippen LogP contribution is 2.20. The molecule has 0 bridgehead atoms. The van der Waals surface area contributed by atoms with Crippen LogP contribution in [0.4, 0.5) is 0 Å². The molecule has 1 aliphatic rings. The molecule has 1 saturated heterocycles. The van der Waals surface area contributed by atoms with E-state index >= 15 is 0 Å². The highest BCUT2D eigenvalue weighted by molar-refractivity contribution is 9.10. The van der Waals surface area contributed by atoms with Crippen LogP contribution in [0.2, 0.25) is 0 Å². The van der Waals surface area contributed by atoms with Crippen molar-refractivity contribution in [3.8, 4) is 0 Å². The van der Waals surface area contributed by atoms with Crippen molar-refractivity contribution in [1.29, 1.82) is 0 Å². The lowest BCUT2D eigenvalue weighted by molar-refractivity contribution is 0.0616. The molecule has 2 unspecified atom stereocenters. The molecule has 0 spiro atoms. The van der Waals surface area contributed by atoms with E-state index in [1.165, 1.54) is 0 Å². The molecule has 1 aliphatic heterocycles. The molecule has 4 heteroatoms. The minimum absolute atomic E-state index is 0.122. The Morgan fingerprint density at radius 3 is 2.83 bits per heavy atom. The SMILES string of the molecule is Cc1ccc(C(=O)N2CC(C)NCC2C)cc1Br. The molecule has 3 nitrogen and oxygen atoms in total. The average molecular weight is 311 g/mol. The summed E-state index contributed by atoms with van der Waals surface area (Å²) >= 11 is 3.48. The first kappa shape index (κ1) is 13.6. The third kappa shape index (κ3) is 2.75. The number of rotatable bonds is 1. The second kappa shape index (κ2) is 5.41. The number of piperazine rings is 1. The maximum atomic E-state index is 12.5. The van der Waals surface area contributed by atoms with Gasteiger partial charge in [-0.1, -0.05) is 22.0 Å². The van der Waals surface area contributed by atoms with Crippen LogP contribution in [0, 0.1) is 6.92 Å². The van der Waals surface area contributed by atoms with Crippen molar-refractivity contribution in [1.82, 2.24) is 10.2 Å². The Bertz CT molecular complexity index is 461. The molecule has 0 aliphatic carbocycles. The molecule has 1 aromatic carbocycles. The molecule has 0 saturated carbocycles. The molecule has 1 heterocycles. The van der Waals surface area contributed by atoms with Gasteiger partial charge < -0.3 is 10.2 Å². The van der Waals surface area contributed by atoms with Gasteiger partial charge in [-0.05, 0) is 38.5 Å². The number of carbonyl (C=O) groups excluding carboxylic acids is 1. The van der Waals surface area contributed by atoms with E-state index in [1.807, 2.05) is 30.0 Å². The lowest BCUT2D eigenvalue weighted by Gasteiger charge is -2.37. The summed E-state index contributed by atoms with van der Waals surface area (Å²) in [4.78, 5) is 14.5. The Morgan fingerprint density at radius 1 is 1.44 bits per heavy atom. The maximum Gasteiger partial charge on any atom is 0.254 e. The van der Waals surface area contributed by atoms with Crippen molar-refractivity contribution in [3.05, 3.63) is 33.8 Å². The zero-order chi connectivity index (χ0) is 13.3. The van der Waals surface area contributed by atoms with Crippen LogP contribution >= 0.6 is 15.9 Å². The number of carbonyl (C=O) groups is 1. The predicted octanol–water partition coefficient (Wildman–Crippen LogP) is 2.58. The van der Waals surface area contributed by atoms with Gasteiger partial charge in [0.1, 0.15) is 0 Å². The summed E-state index contributed by atoms with van der Waals surface area (Å²) < 4.78 is 0.990. The van der Waals surface area contributed by atoms with Crippen molar-refractivity contribution in [2.75, 3.05) is 13.1 Å². The first-order chi connectivity index (χ1) is 8.49. The van der Waals surface area contributed by atoms with Gasteiger partial charge in [0.05, 0.1) is 0 Å². The Kier molecular flexibility index (Phi) is 4.07. The summed E-state index contributed by atoms with van der Waals surface area (Å²) in [5.74, 6) is 0.122. The molecular weight excluding hydrogens is 292 g/mol. The normalized spacial score (nSPS) is 24.1. The van der Waals surface area contributed by atoms with Crippen LogP contribution in [0.15, 0.2) is 22.7 Å². The molecule has 0 aromatic heterocycles. The van der Waals surface area contributed by atoms with Crippen LogP contribution in [-0.2, 0) is 0 Å². The molecular formula is C14H19BrN2O. The number of hydrogen-bond acceptors (Lipinski definition) is 2. The van der Waals surface area contributed by atoms with Crippen LogP contribution < -0.4 is 5.32 Å². The van der Waals surface area contributed by atoms with Gasteiger partial charge in [0.2, 0.25) is 0 Å². The molecule has 2 atom stereocenters. The van der Waals surface area contributed by atoms with Crippen molar-refractivity contribution < 1.29 is 4.79 Å². The van der Waals surface area contributed by atoms with Crippen LogP contribution in [0.25, 0.3) is 0 Å². The number of aryl methyl sites for hydroxylation is 1. The fourth-order valence-electron chi connectivity index (χ4n) is 2.20. The fraction of sp³-hybridized carbons (Fsp3) is 0.500. The molecule has 98 valence electrons. The summed E-state index contributed by atoms with van der Waals surface area (Å²) in [6.45, 7) is 7.84. The molecule has 0 radical (unpaired) electrons. The Hall–Kier alpha value is -0.870. The van der Waals surface area contributed by atoms with E-state index in [2.05, 4.69) is 35.1 Å². The van der Waals surface area contributed by atoms with Crippen molar-refractivity contribution in [2.24, 2.45) is 0 Å². The van der Waals surface area contributed by atoms with Crippen molar-refractivity contribution in [2.45, 2.75) is 32.9 Å².